The molecule has 0 heterocycles. The average molecular weight is 249 g/mol. The van der Waals surface area contributed by atoms with E-state index in [1.165, 1.54) is 6.07 Å². The van der Waals surface area contributed by atoms with E-state index in [9.17, 15) is 8.78 Å². The highest BCUT2D eigenvalue weighted by atomic mass is 79.9. The van der Waals surface area contributed by atoms with Gasteiger partial charge in [0.2, 0.25) is 0 Å². The summed E-state index contributed by atoms with van der Waals surface area (Å²) in [6, 6.07) is 1.49. The van der Waals surface area contributed by atoms with Gasteiger partial charge >= 0.3 is 0 Å². The molecule has 0 spiro atoms. The number of halogens is 3. The van der Waals surface area contributed by atoms with Gasteiger partial charge in [-0.25, -0.2) is 14.3 Å². The molecule has 0 radical (unpaired) electrons. The Kier molecular flexibility index (Phi) is 3.08. The predicted molar refractivity (Wildman–Crippen MR) is 47.6 cm³/mol. The summed E-state index contributed by atoms with van der Waals surface area (Å²) in [7, 11) is 0. The second kappa shape index (κ2) is 3.91. The lowest BCUT2D eigenvalue weighted by molar-refractivity contribution is 0.553. The van der Waals surface area contributed by atoms with Crippen LogP contribution in [0.25, 0.3) is 0 Å². The topological polar surface area (TPSA) is 36.2 Å². The van der Waals surface area contributed by atoms with Crippen LogP contribution >= 0.6 is 15.9 Å². The van der Waals surface area contributed by atoms with Crippen LogP contribution in [0.1, 0.15) is 18.5 Å². The highest BCUT2D eigenvalue weighted by Gasteiger charge is 2.13. The Morgan fingerprint density at radius 3 is 2.54 bits per heavy atom. The molecule has 0 saturated carbocycles. The zero-order valence-electron chi connectivity index (χ0n) is 6.81. The molecule has 0 saturated heterocycles. The molecular weight excluding hydrogens is 242 g/mol. The van der Waals surface area contributed by atoms with Crippen molar-refractivity contribution >= 4 is 15.9 Å². The summed E-state index contributed by atoms with van der Waals surface area (Å²) in [5, 5.41) is 3.16. The Bertz CT molecular complexity index is 341. The minimum absolute atomic E-state index is 0.180. The first-order valence-electron chi connectivity index (χ1n) is 3.57. The summed E-state index contributed by atoms with van der Waals surface area (Å²) in [4.78, 5) is 0. The van der Waals surface area contributed by atoms with Crippen LogP contribution in [-0.2, 0) is 0 Å². The van der Waals surface area contributed by atoms with E-state index in [-0.39, 0.29) is 10.0 Å². The Hall–Kier alpha value is -0.840. The number of nitrogens with one attached hydrogen (secondary N) is 1. The first-order valence-corrected chi connectivity index (χ1v) is 4.36. The minimum Gasteiger partial charge on any atom is -0.209 e. The molecule has 0 aliphatic carbocycles. The third-order valence-electron chi connectivity index (χ3n) is 1.68. The van der Waals surface area contributed by atoms with Crippen molar-refractivity contribution in [2.45, 2.75) is 13.0 Å². The van der Waals surface area contributed by atoms with Crippen LogP contribution < -0.4 is 0 Å². The molecule has 0 bridgehead atoms. The molecule has 0 aliphatic heterocycles. The summed E-state index contributed by atoms with van der Waals surface area (Å²) in [5.41, 5.74) is 6.93. The SMILES string of the molecule is CC(N=N)c1cc(Br)c(F)cc1F. The van der Waals surface area contributed by atoms with Gasteiger partial charge in [-0.15, -0.1) is 0 Å². The summed E-state index contributed by atoms with van der Waals surface area (Å²) < 4.78 is 26.0. The zero-order valence-corrected chi connectivity index (χ0v) is 8.40. The Morgan fingerprint density at radius 1 is 1.38 bits per heavy atom. The van der Waals surface area contributed by atoms with Gasteiger partial charge in [0.15, 0.2) is 0 Å². The molecule has 5 heteroatoms. The van der Waals surface area contributed by atoms with Crippen LogP contribution in [0, 0.1) is 17.2 Å². The van der Waals surface area contributed by atoms with Gasteiger partial charge in [-0.3, -0.25) is 0 Å². The maximum atomic E-state index is 13.1. The fraction of sp³-hybridized carbons (Fsp3) is 0.250. The normalized spacial score (nSPS) is 12.6. The summed E-state index contributed by atoms with van der Waals surface area (Å²) in [5.74, 6) is -1.33. The summed E-state index contributed by atoms with van der Waals surface area (Å²) >= 11 is 2.93. The number of hydrogen-bond donors (Lipinski definition) is 1. The van der Waals surface area contributed by atoms with E-state index in [0.29, 0.717) is 0 Å². The Balaban J connectivity index is 3.22. The van der Waals surface area contributed by atoms with E-state index in [2.05, 4.69) is 21.0 Å². The van der Waals surface area contributed by atoms with Crippen LogP contribution in [0.5, 0.6) is 0 Å². The maximum Gasteiger partial charge on any atom is 0.140 e. The molecule has 1 aromatic carbocycles. The van der Waals surface area contributed by atoms with E-state index in [1.54, 1.807) is 6.92 Å². The fourth-order valence-electron chi connectivity index (χ4n) is 0.928. The zero-order chi connectivity index (χ0) is 10.0. The molecule has 0 aromatic heterocycles. The van der Waals surface area contributed by atoms with E-state index in [0.717, 1.165) is 6.07 Å². The highest BCUT2D eigenvalue weighted by molar-refractivity contribution is 9.10. The van der Waals surface area contributed by atoms with Gasteiger partial charge in [0.1, 0.15) is 11.6 Å². The monoisotopic (exact) mass is 248 g/mol. The number of benzene rings is 1. The lowest BCUT2D eigenvalue weighted by atomic mass is 10.1. The highest BCUT2D eigenvalue weighted by Crippen LogP contribution is 2.26. The second-order valence-corrected chi connectivity index (χ2v) is 3.45. The quantitative estimate of drug-likeness (QED) is 0.611. The molecule has 0 amide bonds. The van der Waals surface area contributed by atoms with E-state index >= 15 is 0 Å². The van der Waals surface area contributed by atoms with Crippen molar-refractivity contribution < 1.29 is 8.78 Å². The third kappa shape index (κ3) is 2.09. The number of nitrogens with zero attached hydrogens (tertiary/aromatic N) is 1. The van der Waals surface area contributed by atoms with Gasteiger partial charge in [-0.2, -0.15) is 5.11 Å². The van der Waals surface area contributed by atoms with Crippen molar-refractivity contribution in [2.75, 3.05) is 0 Å². The standard InChI is InChI=1S/C8H7BrF2N2/c1-4(13-12)5-2-6(9)8(11)3-7(5)10/h2-4,12H,1H3. The van der Waals surface area contributed by atoms with Crippen molar-refractivity contribution in [3.63, 3.8) is 0 Å². The summed E-state index contributed by atoms with van der Waals surface area (Å²) in [6.07, 6.45) is 0. The molecule has 1 aromatic rings. The van der Waals surface area contributed by atoms with Gasteiger partial charge in [0, 0.05) is 11.6 Å². The molecular formula is C8H7BrF2N2. The van der Waals surface area contributed by atoms with Crippen LogP contribution in [0.4, 0.5) is 8.78 Å². The second-order valence-electron chi connectivity index (χ2n) is 2.59. The largest absolute Gasteiger partial charge is 0.209 e. The van der Waals surface area contributed by atoms with Gasteiger partial charge < -0.3 is 0 Å². The Labute approximate surface area is 82.6 Å². The van der Waals surface area contributed by atoms with Crippen LogP contribution in [-0.4, -0.2) is 0 Å². The van der Waals surface area contributed by atoms with Crippen LogP contribution in [0.3, 0.4) is 0 Å². The fourth-order valence-corrected chi connectivity index (χ4v) is 1.29. The van der Waals surface area contributed by atoms with Crippen molar-refractivity contribution in [3.05, 3.63) is 33.8 Å². The molecule has 0 fully saturated rings. The van der Waals surface area contributed by atoms with E-state index in [4.69, 9.17) is 5.53 Å². The molecule has 0 aliphatic rings. The van der Waals surface area contributed by atoms with Gasteiger partial charge in [0.25, 0.3) is 0 Å². The number of rotatable bonds is 2. The number of hydrogen-bond acceptors (Lipinski definition) is 2. The van der Waals surface area contributed by atoms with Crippen molar-refractivity contribution in [2.24, 2.45) is 5.11 Å². The molecule has 1 atom stereocenters. The molecule has 1 N–H and O–H groups in total. The third-order valence-corrected chi connectivity index (χ3v) is 2.29. The lowest BCUT2D eigenvalue weighted by Gasteiger charge is -2.06. The molecule has 1 unspecified atom stereocenters. The lowest BCUT2D eigenvalue weighted by Crippen LogP contribution is -1.95. The Morgan fingerprint density at radius 2 is 2.00 bits per heavy atom. The molecule has 70 valence electrons. The van der Waals surface area contributed by atoms with Crippen molar-refractivity contribution in [3.8, 4) is 0 Å². The molecule has 13 heavy (non-hydrogen) atoms. The van der Waals surface area contributed by atoms with Gasteiger partial charge in [0.05, 0.1) is 10.5 Å². The van der Waals surface area contributed by atoms with E-state index in [1.807, 2.05) is 0 Å². The van der Waals surface area contributed by atoms with Gasteiger partial charge in [-0.05, 0) is 28.9 Å². The maximum absolute atomic E-state index is 13.1. The first kappa shape index (κ1) is 10.2. The first-order chi connectivity index (χ1) is 6.06. The summed E-state index contributed by atoms with van der Waals surface area (Å²) in [6.45, 7) is 1.57. The molecule has 1 rings (SSSR count). The van der Waals surface area contributed by atoms with Crippen molar-refractivity contribution in [1.82, 2.24) is 0 Å². The molecule has 2 nitrogen and oxygen atoms in total. The van der Waals surface area contributed by atoms with Crippen LogP contribution in [0.2, 0.25) is 0 Å². The average Bonchev–Trinajstić information content (AvgIpc) is 2.10. The van der Waals surface area contributed by atoms with E-state index < -0.39 is 17.7 Å². The predicted octanol–water partition coefficient (Wildman–Crippen LogP) is 3.82. The smallest absolute Gasteiger partial charge is 0.140 e. The minimum atomic E-state index is -0.677. The van der Waals surface area contributed by atoms with Crippen molar-refractivity contribution in [1.29, 1.82) is 5.53 Å². The van der Waals surface area contributed by atoms with Crippen LogP contribution in [0.15, 0.2) is 21.7 Å². The van der Waals surface area contributed by atoms with Gasteiger partial charge in [-0.1, -0.05) is 0 Å².